The molecule has 0 aliphatic rings. The van der Waals surface area contributed by atoms with E-state index >= 15 is 0 Å². The van der Waals surface area contributed by atoms with E-state index in [0.29, 0.717) is 10.1 Å². The molecule has 0 unspecified atom stereocenters. The molecule has 0 radical (unpaired) electrons. The zero-order valence-corrected chi connectivity index (χ0v) is 10.9. The summed E-state index contributed by atoms with van der Waals surface area (Å²) in [5.41, 5.74) is 0.195. The second kappa shape index (κ2) is 5.30. The third-order valence-electron chi connectivity index (χ3n) is 2.17. The van der Waals surface area contributed by atoms with Crippen LogP contribution in [0.4, 0.5) is 10.1 Å². The molecular weight excluding hydrogens is 275 g/mol. The van der Waals surface area contributed by atoms with Crippen LogP contribution in [0.3, 0.4) is 0 Å². The molecule has 0 fully saturated rings. The molecule has 0 spiro atoms. The summed E-state index contributed by atoms with van der Waals surface area (Å²) in [6.07, 6.45) is 0. The average molecular weight is 282 g/mol. The number of thiocarbonyl (C=S) groups is 1. The van der Waals surface area contributed by atoms with E-state index in [1.807, 2.05) is 0 Å². The van der Waals surface area contributed by atoms with E-state index in [1.165, 1.54) is 12.1 Å². The highest BCUT2D eigenvalue weighted by molar-refractivity contribution is 7.78. The van der Waals surface area contributed by atoms with E-state index in [2.05, 4.69) is 26.7 Å². The van der Waals surface area contributed by atoms with Crippen LogP contribution in [0.1, 0.15) is 17.4 Å². The number of hydrogen-bond donors (Lipinski definition) is 0. The Morgan fingerprint density at radius 2 is 2.44 bits per heavy atom. The number of rotatable bonds is 3. The molecule has 7 heteroatoms. The maximum atomic E-state index is 13.5. The van der Waals surface area contributed by atoms with Gasteiger partial charge in [0.25, 0.3) is 0 Å². The van der Waals surface area contributed by atoms with Gasteiger partial charge in [-0.25, -0.2) is 9.18 Å². The number of aliphatic imine (C=N–C) groups is 1. The molecule has 1 aromatic heterocycles. The molecule has 92 valence electrons. The van der Waals surface area contributed by atoms with Crippen LogP contribution in [0, 0.1) is 5.82 Å². The van der Waals surface area contributed by atoms with Gasteiger partial charge in [-0.05, 0) is 42.8 Å². The van der Waals surface area contributed by atoms with Crippen molar-refractivity contribution in [3.8, 4) is 0 Å². The van der Waals surface area contributed by atoms with Gasteiger partial charge in [-0.1, -0.05) is 0 Å². The largest absolute Gasteiger partial charge is 0.461 e. The molecule has 18 heavy (non-hydrogen) atoms. The van der Waals surface area contributed by atoms with Gasteiger partial charge in [-0.3, -0.25) is 0 Å². The summed E-state index contributed by atoms with van der Waals surface area (Å²) in [5, 5.41) is 2.59. The highest BCUT2D eigenvalue weighted by Crippen LogP contribution is 2.30. The summed E-state index contributed by atoms with van der Waals surface area (Å²) in [5.74, 6) is -1.06. The first-order valence-electron chi connectivity index (χ1n) is 5.01. The number of ether oxygens (including phenoxy) is 1. The van der Waals surface area contributed by atoms with Crippen LogP contribution in [-0.2, 0) is 4.74 Å². The van der Waals surface area contributed by atoms with Gasteiger partial charge in [0.15, 0.2) is 11.5 Å². The monoisotopic (exact) mass is 282 g/mol. The van der Waals surface area contributed by atoms with E-state index in [0.717, 1.165) is 11.5 Å². The van der Waals surface area contributed by atoms with Gasteiger partial charge >= 0.3 is 5.97 Å². The van der Waals surface area contributed by atoms with Crippen molar-refractivity contribution >= 4 is 50.7 Å². The molecule has 0 N–H and O–H groups in total. The van der Waals surface area contributed by atoms with Crippen molar-refractivity contribution in [2.24, 2.45) is 4.99 Å². The maximum Gasteiger partial charge on any atom is 0.358 e. The molecule has 0 saturated heterocycles. The van der Waals surface area contributed by atoms with Crippen LogP contribution in [0.5, 0.6) is 0 Å². The normalized spacial score (nSPS) is 10.1. The highest BCUT2D eigenvalue weighted by Gasteiger charge is 2.17. The number of hydrogen-bond acceptors (Lipinski definition) is 6. The average Bonchev–Trinajstić information content (AvgIpc) is 2.73. The van der Waals surface area contributed by atoms with Crippen LogP contribution >= 0.6 is 23.8 Å². The van der Waals surface area contributed by atoms with E-state index in [4.69, 9.17) is 4.74 Å². The molecule has 0 atom stereocenters. The van der Waals surface area contributed by atoms with Crippen molar-refractivity contribution in [1.29, 1.82) is 0 Å². The number of carbonyl (C=O) groups excluding carboxylic acids is 1. The van der Waals surface area contributed by atoms with Crippen LogP contribution in [0.2, 0.25) is 0 Å². The number of aromatic nitrogens is 1. The van der Waals surface area contributed by atoms with Crippen molar-refractivity contribution in [3.05, 3.63) is 23.6 Å². The fourth-order valence-electron chi connectivity index (χ4n) is 1.43. The Bertz CT molecular complexity index is 662. The van der Waals surface area contributed by atoms with Gasteiger partial charge in [-0.2, -0.15) is 9.37 Å². The van der Waals surface area contributed by atoms with Gasteiger partial charge in [0.05, 0.1) is 16.5 Å². The Morgan fingerprint density at radius 3 is 3.11 bits per heavy atom. The number of esters is 1. The van der Waals surface area contributed by atoms with Crippen molar-refractivity contribution in [2.75, 3.05) is 6.61 Å². The predicted molar refractivity (Wildman–Crippen MR) is 70.2 cm³/mol. The quantitative estimate of drug-likeness (QED) is 0.492. The number of benzene rings is 1. The predicted octanol–water partition coefficient (Wildman–Crippen LogP) is 3.35. The van der Waals surface area contributed by atoms with Gasteiger partial charge in [0.1, 0.15) is 5.69 Å². The van der Waals surface area contributed by atoms with Gasteiger partial charge in [0.2, 0.25) is 0 Å². The van der Waals surface area contributed by atoms with Crippen LogP contribution < -0.4 is 0 Å². The lowest BCUT2D eigenvalue weighted by atomic mass is 10.2. The lowest BCUT2D eigenvalue weighted by molar-refractivity contribution is 0.0523. The van der Waals surface area contributed by atoms with E-state index in [-0.39, 0.29) is 18.0 Å². The summed E-state index contributed by atoms with van der Waals surface area (Å²) < 4.78 is 22.9. The molecular formula is C11H7FN2O2S2. The Labute approximate surface area is 111 Å². The molecule has 0 aliphatic heterocycles. The minimum atomic E-state index is -0.535. The smallest absolute Gasteiger partial charge is 0.358 e. The number of halogens is 1. The minimum Gasteiger partial charge on any atom is -0.461 e. The van der Waals surface area contributed by atoms with E-state index < -0.39 is 11.8 Å². The fourth-order valence-corrected chi connectivity index (χ4v) is 2.30. The molecule has 4 nitrogen and oxygen atoms in total. The summed E-state index contributed by atoms with van der Waals surface area (Å²) >= 11 is 5.46. The Morgan fingerprint density at radius 1 is 1.67 bits per heavy atom. The van der Waals surface area contributed by atoms with Gasteiger partial charge < -0.3 is 4.74 Å². The first-order valence-corrected chi connectivity index (χ1v) is 6.19. The number of carbonyl (C=O) groups is 1. The van der Waals surface area contributed by atoms with Crippen molar-refractivity contribution in [1.82, 2.24) is 4.37 Å². The summed E-state index contributed by atoms with van der Waals surface area (Å²) in [7, 11) is 0. The molecule has 1 heterocycles. The zero-order valence-electron chi connectivity index (χ0n) is 9.27. The number of nitrogens with zero attached hydrogens (tertiary/aromatic N) is 2. The Kier molecular flexibility index (Phi) is 3.76. The van der Waals surface area contributed by atoms with E-state index in [9.17, 15) is 9.18 Å². The number of fused-ring (bicyclic) bond motifs is 1. The van der Waals surface area contributed by atoms with Crippen LogP contribution in [0.15, 0.2) is 17.1 Å². The maximum absolute atomic E-state index is 13.5. The third kappa shape index (κ3) is 2.28. The molecule has 1 aromatic carbocycles. The lowest BCUT2D eigenvalue weighted by Crippen LogP contribution is -2.04. The third-order valence-corrected chi connectivity index (χ3v) is 3.07. The summed E-state index contributed by atoms with van der Waals surface area (Å²) in [6.45, 7) is 1.96. The van der Waals surface area contributed by atoms with Crippen LogP contribution in [0.25, 0.3) is 10.1 Å². The first kappa shape index (κ1) is 12.8. The molecule has 0 amide bonds. The molecule has 2 aromatic rings. The van der Waals surface area contributed by atoms with E-state index in [1.54, 1.807) is 6.92 Å². The molecule has 0 saturated carbocycles. The first-order chi connectivity index (χ1) is 8.67. The van der Waals surface area contributed by atoms with Crippen LogP contribution in [-0.4, -0.2) is 22.1 Å². The lowest BCUT2D eigenvalue weighted by Gasteiger charge is -1.99. The molecule has 0 aliphatic carbocycles. The molecule has 0 bridgehead atoms. The summed E-state index contributed by atoms with van der Waals surface area (Å²) in [6, 6.07) is 2.68. The van der Waals surface area contributed by atoms with Gasteiger partial charge in [0, 0.05) is 5.39 Å². The van der Waals surface area contributed by atoms with Gasteiger partial charge in [-0.15, -0.1) is 0 Å². The highest BCUT2D eigenvalue weighted by atomic mass is 32.1. The second-order valence-electron chi connectivity index (χ2n) is 3.25. The SMILES string of the molecule is CCOC(=O)c1nsc2cc(F)c(N=C=S)cc12. The van der Waals surface area contributed by atoms with Crippen molar-refractivity contribution in [3.63, 3.8) is 0 Å². The standard InChI is InChI=1S/C11H7FN2O2S2/c1-2-16-11(15)10-6-3-8(13-5-17)7(12)4-9(6)18-14-10/h3-4H,2H2,1H3. The second-order valence-corrected chi connectivity index (χ2v) is 4.24. The fraction of sp³-hybridized carbons (Fsp3) is 0.182. The molecule has 2 rings (SSSR count). The zero-order chi connectivity index (χ0) is 13.1. The topological polar surface area (TPSA) is 51.5 Å². The van der Waals surface area contributed by atoms with Crippen molar-refractivity contribution in [2.45, 2.75) is 6.92 Å². The summed E-state index contributed by atoms with van der Waals surface area (Å²) in [4.78, 5) is 15.2. The Hall–Kier alpha value is -1.69. The minimum absolute atomic E-state index is 0.0308. The Balaban J connectivity index is 2.60. The van der Waals surface area contributed by atoms with Crippen molar-refractivity contribution < 1.29 is 13.9 Å². The number of isothiocyanates is 1.